The van der Waals surface area contributed by atoms with E-state index in [1.54, 1.807) is 42.6 Å². The van der Waals surface area contributed by atoms with E-state index in [-0.39, 0.29) is 22.0 Å². The smallest absolute Gasteiger partial charge is 0.264 e. The third-order valence-corrected chi connectivity index (χ3v) is 9.05. The van der Waals surface area contributed by atoms with Crippen molar-refractivity contribution in [2.75, 3.05) is 24.4 Å². The Morgan fingerprint density at radius 2 is 1.85 bits per heavy atom. The Morgan fingerprint density at radius 1 is 1.10 bits per heavy atom. The van der Waals surface area contributed by atoms with Gasteiger partial charge in [-0.3, -0.25) is 14.6 Å². The van der Waals surface area contributed by atoms with Crippen molar-refractivity contribution in [3.63, 3.8) is 0 Å². The average molecular weight is 565 g/mol. The molecule has 2 unspecified atom stereocenters. The molecule has 0 amide bonds. The van der Waals surface area contributed by atoms with Crippen LogP contribution in [0.5, 0.6) is 0 Å². The molecule has 0 spiro atoms. The van der Waals surface area contributed by atoms with E-state index < -0.39 is 15.8 Å². The summed E-state index contributed by atoms with van der Waals surface area (Å²) >= 11 is 5.86. The van der Waals surface area contributed by atoms with Crippen molar-refractivity contribution in [3.05, 3.63) is 108 Å². The van der Waals surface area contributed by atoms with Gasteiger partial charge in [0, 0.05) is 54.7 Å². The maximum absolute atomic E-state index is 14.0. The maximum Gasteiger partial charge on any atom is 0.264 e. The highest BCUT2D eigenvalue weighted by atomic mass is 35.5. The van der Waals surface area contributed by atoms with Gasteiger partial charge in [0.25, 0.3) is 10.0 Å². The fourth-order valence-corrected chi connectivity index (χ4v) is 6.48. The van der Waals surface area contributed by atoms with Gasteiger partial charge in [-0.05, 0) is 61.4 Å². The largest absolute Gasteiger partial charge is 0.366 e. The fraction of sp³-hybridized carbons (Fsp3) is 0.233. The molecule has 6 nitrogen and oxygen atoms in total. The van der Waals surface area contributed by atoms with Gasteiger partial charge in [0.15, 0.2) is 0 Å². The van der Waals surface area contributed by atoms with Gasteiger partial charge in [0.1, 0.15) is 10.7 Å². The normalized spacial score (nSPS) is 17.2. The van der Waals surface area contributed by atoms with E-state index in [9.17, 15) is 12.8 Å². The van der Waals surface area contributed by atoms with Crippen LogP contribution in [0, 0.1) is 5.82 Å². The summed E-state index contributed by atoms with van der Waals surface area (Å²) in [6.45, 7) is 10.9. The summed E-state index contributed by atoms with van der Waals surface area (Å²) in [6.07, 6.45) is 1.58. The second kappa shape index (κ2) is 11.0. The number of benzene rings is 3. The first-order valence-corrected chi connectivity index (χ1v) is 14.6. The summed E-state index contributed by atoms with van der Waals surface area (Å²) in [6, 6.07) is 21.2. The number of piperazine rings is 1. The molecule has 0 radical (unpaired) electrons. The summed E-state index contributed by atoms with van der Waals surface area (Å²) in [7, 11) is -3.83. The van der Waals surface area contributed by atoms with Crippen molar-refractivity contribution >= 4 is 43.9 Å². The van der Waals surface area contributed by atoms with Gasteiger partial charge in [-0.25, -0.2) is 12.8 Å². The first kappa shape index (κ1) is 27.1. The lowest BCUT2D eigenvalue weighted by atomic mass is 10.0. The maximum atomic E-state index is 14.0. The molecule has 2 heterocycles. The van der Waals surface area contributed by atoms with Crippen LogP contribution in [0.2, 0.25) is 5.02 Å². The number of rotatable bonds is 7. The Morgan fingerprint density at radius 3 is 2.56 bits per heavy atom. The molecule has 4 aromatic rings. The quantitative estimate of drug-likeness (QED) is 0.275. The van der Waals surface area contributed by atoms with Crippen LogP contribution in [0.4, 0.5) is 10.1 Å². The first-order chi connectivity index (χ1) is 18.6. The van der Waals surface area contributed by atoms with Gasteiger partial charge in [0.2, 0.25) is 0 Å². The molecular weight excluding hydrogens is 535 g/mol. The third kappa shape index (κ3) is 5.64. The molecule has 1 fully saturated rings. The number of fused-ring (bicyclic) bond motifs is 1. The van der Waals surface area contributed by atoms with Crippen LogP contribution in [0.3, 0.4) is 0 Å². The number of para-hydroxylation sites is 1. The molecule has 9 heteroatoms. The Hall–Kier alpha value is -3.46. The lowest BCUT2D eigenvalue weighted by molar-refractivity contribution is 0.0967. The minimum atomic E-state index is -3.83. The van der Waals surface area contributed by atoms with Crippen LogP contribution >= 0.6 is 11.6 Å². The molecule has 0 saturated carbocycles. The van der Waals surface area contributed by atoms with E-state index in [0.717, 1.165) is 41.8 Å². The number of anilines is 1. The van der Waals surface area contributed by atoms with Crippen molar-refractivity contribution in [1.29, 1.82) is 0 Å². The fourth-order valence-electron chi connectivity index (χ4n) is 5.12. The summed E-state index contributed by atoms with van der Waals surface area (Å²) in [5.41, 5.74) is 3.58. The zero-order valence-corrected chi connectivity index (χ0v) is 23.4. The SMILES string of the molecule is C=C(c1ccc(NS(=O)(=O)c2cccc3cccnc23)cc1)N1CCN(C(C)c2ccc(Cl)c(F)c2)CC1C. The highest BCUT2D eigenvalue weighted by Crippen LogP contribution is 2.30. The number of nitrogens with zero attached hydrogens (tertiary/aromatic N) is 3. The van der Waals surface area contributed by atoms with E-state index in [4.69, 9.17) is 11.6 Å². The molecule has 202 valence electrons. The van der Waals surface area contributed by atoms with Gasteiger partial charge >= 0.3 is 0 Å². The lowest BCUT2D eigenvalue weighted by Gasteiger charge is -2.44. The van der Waals surface area contributed by atoms with E-state index in [0.29, 0.717) is 11.2 Å². The molecule has 39 heavy (non-hydrogen) atoms. The predicted octanol–water partition coefficient (Wildman–Crippen LogP) is 6.57. The molecule has 1 N–H and O–H groups in total. The van der Waals surface area contributed by atoms with Gasteiger partial charge in [-0.1, -0.05) is 54.6 Å². The number of halogens is 2. The molecule has 0 aliphatic carbocycles. The van der Waals surface area contributed by atoms with Crippen molar-refractivity contribution in [1.82, 2.24) is 14.8 Å². The van der Waals surface area contributed by atoms with Gasteiger partial charge in [-0.15, -0.1) is 0 Å². The van der Waals surface area contributed by atoms with E-state index in [1.807, 2.05) is 30.3 Å². The zero-order chi connectivity index (χ0) is 27.7. The molecule has 1 aliphatic rings. The molecule has 5 rings (SSSR count). The minimum absolute atomic E-state index is 0.0545. The Labute approximate surface area is 233 Å². The lowest BCUT2D eigenvalue weighted by Crippen LogP contribution is -2.51. The summed E-state index contributed by atoms with van der Waals surface area (Å²) < 4.78 is 42.9. The van der Waals surface area contributed by atoms with Crippen molar-refractivity contribution in [2.45, 2.75) is 30.8 Å². The number of hydrogen-bond acceptors (Lipinski definition) is 5. The minimum Gasteiger partial charge on any atom is -0.366 e. The van der Waals surface area contributed by atoms with E-state index in [2.05, 4.69) is 39.9 Å². The standard InChI is InChI=1S/C30H30ClFN4O2S/c1-20-19-35(21(2)25-11-14-27(31)28(32)18-25)16-17-36(20)22(3)23-9-12-26(13-10-23)34-39(37,38)29-8-4-6-24-7-5-15-33-30(24)29/h4-15,18,20-21,34H,3,16-17,19H2,1-2H3. The second-order valence-corrected chi connectivity index (χ2v) is 11.9. The van der Waals surface area contributed by atoms with Gasteiger partial charge in [0.05, 0.1) is 10.5 Å². The first-order valence-electron chi connectivity index (χ1n) is 12.8. The van der Waals surface area contributed by atoms with Gasteiger partial charge < -0.3 is 4.90 Å². The van der Waals surface area contributed by atoms with Crippen molar-refractivity contribution < 1.29 is 12.8 Å². The van der Waals surface area contributed by atoms with Gasteiger partial charge in [-0.2, -0.15) is 0 Å². The van der Waals surface area contributed by atoms with Crippen LogP contribution in [0.25, 0.3) is 16.6 Å². The molecule has 3 aromatic carbocycles. The van der Waals surface area contributed by atoms with Crippen LogP contribution in [-0.4, -0.2) is 48.9 Å². The molecule has 1 saturated heterocycles. The summed E-state index contributed by atoms with van der Waals surface area (Å²) in [5, 5.41) is 0.890. The number of pyridine rings is 1. The van der Waals surface area contributed by atoms with Crippen LogP contribution in [0.1, 0.15) is 31.0 Å². The van der Waals surface area contributed by atoms with E-state index in [1.165, 1.54) is 6.07 Å². The summed E-state index contributed by atoms with van der Waals surface area (Å²) in [5.74, 6) is -0.402. The van der Waals surface area contributed by atoms with Crippen molar-refractivity contribution in [2.24, 2.45) is 0 Å². The Balaban J connectivity index is 1.25. The molecule has 1 aromatic heterocycles. The number of sulfonamides is 1. The number of aromatic nitrogens is 1. The second-order valence-electron chi connectivity index (χ2n) is 9.85. The van der Waals surface area contributed by atoms with E-state index >= 15 is 0 Å². The topological polar surface area (TPSA) is 65.5 Å². The molecule has 2 atom stereocenters. The highest BCUT2D eigenvalue weighted by Gasteiger charge is 2.28. The van der Waals surface area contributed by atoms with Crippen molar-refractivity contribution in [3.8, 4) is 0 Å². The van der Waals surface area contributed by atoms with Crippen LogP contribution in [0.15, 0.2) is 90.5 Å². The van der Waals surface area contributed by atoms with Crippen LogP contribution in [-0.2, 0) is 10.0 Å². The zero-order valence-electron chi connectivity index (χ0n) is 21.8. The highest BCUT2D eigenvalue weighted by molar-refractivity contribution is 7.93. The molecule has 0 bridgehead atoms. The molecular formula is C30H30ClFN4O2S. The predicted molar refractivity (Wildman–Crippen MR) is 156 cm³/mol. The number of nitrogens with one attached hydrogen (secondary N) is 1. The third-order valence-electron chi connectivity index (χ3n) is 7.33. The Bertz CT molecular complexity index is 1620. The summed E-state index contributed by atoms with van der Waals surface area (Å²) in [4.78, 5) is 8.99. The Kier molecular flexibility index (Phi) is 7.62. The molecule has 1 aliphatic heterocycles. The number of hydrogen-bond donors (Lipinski definition) is 1. The average Bonchev–Trinajstić information content (AvgIpc) is 2.93. The monoisotopic (exact) mass is 564 g/mol. The van der Waals surface area contributed by atoms with Crippen LogP contribution < -0.4 is 4.72 Å².